The van der Waals surface area contributed by atoms with E-state index in [0.717, 1.165) is 12.8 Å². The van der Waals surface area contributed by atoms with Crippen LogP contribution in [0.15, 0.2) is 59.1 Å². The molecule has 1 N–H and O–H groups in total. The number of nitrogens with one attached hydrogen (secondary N) is 1. The topological polar surface area (TPSA) is 81.4 Å². The summed E-state index contributed by atoms with van der Waals surface area (Å²) < 4.78 is 23.3. The van der Waals surface area contributed by atoms with Gasteiger partial charge in [0.25, 0.3) is 5.91 Å². The van der Waals surface area contributed by atoms with Crippen LogP contribution in [0.4, 0.5) is 10.1 Å². The first-order valence-corrected chi connectivity index (χ1v) is 8.88. The molecule has 0 radical (unpaired) electrons. The lowest BCUT2D eigenvalue weighted by Gasteiger charge is -2.06. The Kier molecular flexibility index (Phi) is 6.16. The van der Waals surface area contributed by atoms with E-state index in [9.17, 15) is 14.0 Å². The molecule has 2 aromatic carbocycles. The maximum absolute atomic E-state index is 13.0. The average molecular weight is 382 g/mol. The van der Waals surface area contributed by atoms with E-state index in [-0.39, 0.29) is 11.5 Å². The maximum atomic E-state index is 13.0. The first kappa shape index (κ1) is 19.3. The lowest BCUT2D eigenvalue weighted by molar-refractivity contribution is 0.0499. The molecule has 0 bridgehead atoms. The monoisotopic (exact) mass is 382 g/mol. The number of aromatic nitrogens is 1. The molecular weight excluding hydrogens is 363 g/mol. The summed E-state index contributed by atoms with van der Waals surface area (Å²) >= 11 is 0. The lowest BCUT2D eigenvalue weighted by Crippen LogP contribution is -2.12. The van der Waals surface area contributed by atoms with Crippen molar-refractivity contribution in [1.29, 1.82) is 0 Å². The van der Waals surface area contributed by atoms with Gasteiger partial charge in [-0.25, -0.2) is 9.18 Å². The second kappa shape index (κ2) is 8.94. The Hall–Kier alpha value is -3.48. The number of esters is 1. The van der Waals surface area contributed by atoms with Gasteiger partial charge in [0.05, 0.1) is 12.2 Å². The average Bonchev–Trinajstić information content (AvgIpc) is 3.19. The molecule has 0 aliphatic carbocycles. The minimum Gasteiger partial charge on any atom is -0.462 e. The Labute approximate surface area is 161 Å². The fourth-order valence-corrected chi connectivity index (χ4v) is 2.41. The van der Waals surface area contributed by atoms with E-state index in [0.29, 0.717) is 29.2 Å². The summed E-state index contributed by atoms with van der Waals surface area (Å²) in [5, 5.41) is 6.42. The number of ether oxygens (including phenoxy) is 1. The summed E-state index contributed by atoms with van der Waals surface area (Å²) in [7, 11) is 0. The second-order valence-electron chi connectivity index (χ2n) is 6.10. The Morgan fingerprint density at radius 1 is 1.11 bits per heavy atom. The summed E-state index contributed by atoms with van der Waals surface area (Å²) in [5.74, 6) is -0.864. The van der Waals surface area contributed by atoms with Crippen molar-refractivity contribution in [2.45, 2.75) is 19.8 Å². The summed E-state index contributed by atoms with van der Waals surface area (Å²) in [5.41, 5.74) is 1.61. The van der Waals surface area contributed by atoms with Crippen LogP contribution in [0.5, 0.6) is 0 Å². The molecule has 0 aliphatic heterocycles. The Morgan fingerprint density at radius 3 is 2.50 bits per heavy atom. The van der Waals surface area contributed by atoms with Gasteiger partial charge in [-0.05, 0) is 55.0 Å². The van der Waals surface area contributed by atoms with Crippen LogP contribution in [0.2, 0.25) is 0 Å². The number of anilines is 1. The van der Waals surface area contributed by atoms with Crippen molar-refractivity contribution in [2.75, 3.05) is 11.9 Å². The molecule has 3 aromatic rings. The molecule has 3 rings (SSSR count). The van der Waals surface area contributed by atoms with Gasteiger partial charge in [-0.15, -0.1) is 0 Å². The number of nitrogens with zero attached hydrogens (tertiary/aromatic N) is 1. The van der Waals surface area contributed by atoms with Gasteiger partial charge in [-0.3, -0.25) is 4.79 Å². The Balaban J connectivity index is 1.62. The van der Waals surface area contributed by atoms with Crippen LogP contribution in [0.25, 0.3) is 11.3 Å². The normalized spacial score (nSPS) is 10.5. The van der Waals surface area contributed by atoms with E-state index in [1.807, 2.05) is 6.92 Å². The molecule has 1 amide bonds. The van der Waals surface area contributed by atoms with Crippen LogP contribution in [-0.4, -0.2) is 23.6 Å². The third-order valence-electron chi connectivity index (χ3n) is 3.98. The van der Waals surface area contributed by atoms with Crippen molar-refractivity contribution in [2.24, 2.45) is 0 Å². The van der Waals surface area contributed by atoms with Gasteiger partial charge in [0.2, 0.25) is 0 Å². The van der Waals surface area contributed by atoms with Gasteiger partial charge in [0.1, 0.15) is 5.82 Å². The second-order valence-corrected chi connectivity index (χ2v) is 6.10. The quantitative estimate of drug-likeness (QED) is 0.474. The number of rotatable bonds is 7. The van der Waals surface area contributed by atoms with Gasteiger partial charge >= 0.3 is 5.97 Å². The molecule has 0 atom stereocenters. The van der Waals surface area contributed by atoms with Gasteiger partial charge < -0.3 is 14.6 Å². The molecule has 0 spiro atoms. The molecule has 0 saturated heterocycles. The van der Waals surface area contributed by atoms with E-state index in [4.69, 9.17) is 9.26 Å². The van der Waals surface area contributed by atoms with Crippen LogP contribution in [0.3, 0.4) is 0 Å². The van der Waals surface area contributed by atoms with Crippen molar-refractivity contribution in [1.82, 2.24) is 5.16 Å². The predicted molar refractivity (Wildman–Crippen MR) is 101 cm³/mol. The van der Waals surface area contributed by atoms with E-state index < -0.39 is 11.9 Å². The van der Waals surface area contributed by atoms with E-state index in [1.54, 1.807) is 24.3 Å². The molecule has 1 aromatic heterocycles. The number of benzene rings is 2. The highest BCUT2D eigenvalue weighted by Gasteiger charge is 2.14. The third-order valence-corrected chi connectivity index (χ3v) is 3.98. The van der Waals surface area contributed by atoms with Crippen molar-refractivity contribution < 1.29 is 23.2 Å². The first-order chi connectivity index (χ1) is 13.6. The standard InChI is InChI=1S/C21H19FN2O4/c1-2-3-12-27-21(26)15-6-10-17(11-7-15)23-20(25)18-13-19(28-24-18)14-4-8-16(22)9-5-14/h4-11,13H,2-3,12H2,1H3,(H,23,25). The minimum absolute atomic E-state index is 0.0855. The number of unbranched alkanes of at least 4 members (excludes halogenated alkanes) is 1. The highest BCUT2D eigenvalue weighted by Crippen LogP contribution is 2.21. The van der Waals surface area contributed by atoms with Gasteiger partial charge in [-0.1, -0.05) is 18.5 Å². The van der Waals surface area contributed by atoms with Crippen molar-refractivity contribution in [3.63, 3.8) is 0 Å². The molecule has 6 nitrogen and oxygen atoms in total. The Morgan fingerprint density at radius 2 is 1.82 bits per heavy atom. The molecule has 7 heteroatoms. The summed E-state index contributed by atoms with van der Waals surface area (Å²) in [6.07, 6.45) is 1.76. The number of carbonyl (C=O) groups excluding carboxylic acids is 2. The maximum Gasteiger partial charge on any atom is 0.338 e. The zero-order chi connectivity index (χ0) is 19.9. The van der Waals surface area contributed by atoms with Gasteiger partial charge in [-0.2, -0.15) is 0 Å². The molecular formula is C21H19FN2O4. The summed E-state index contributed by atoms with van der Waals surface area (Å²) in [6.45, 7) is 2.40. The zero-order valence-corrected chi connectivity index (χ0v) is 15.3. The van der Waals surface area contributed by atoms with Gasteiger partial charge in [0.15, 0.2) is 11.5 Å². The van der Waals surface area contributed by atoms with Crippen molar-refractivity contribution in [3.8, 4) is 11.3 Å². The lowest BCUT2D eigenvalue weighted by atomic mass is 10.1. The van der Waals surface area contributed by atoms with Crippen LogP contribution in [-0.2, 0) is 4.74 Å². The van der Waals surface area contributed by atoms with Crippen LogP contribution >= 0.6 is 0 Å². The molecule has 144 valence electrons. The fourth-order valence-electron chi connectivity index (χ4n) is 2.41. The van der Waals surface area contributed by atoms with Crippen molar-refractivity contribution in [3.05, 3.63) is 71.7 Å². The van der Waals surface area contributed by atoms with Crippen molar-refractivity contribution >= 4 is 17.6 Å². The molecule has 0 aliphatic rings. The van der Waals surface area contributed by atoms with E-state index in [1.165, 1.54) is 30.3 Å². The molecule has 0 fully saturated rings. The van der Waals surface area contributed by atoms with E-state index in [2.05, 4.69) is 10.5 Å². The highest BCUT2D eigenvalue weighted by molar-refractivity contribution is 6.03. The Bertz CT molecular complexity index is 949. The first-order valence-electron chi connectivity index (χ1n) is 8.88. The number of carbonyl (C=O) groups is 2. The SMILES string of the molecule is CCCCOC(=O)c1ccc(NC(=O)c2cc(-c3ccc(F)cc3)on2)cc1. The number of hydrogen-bond acceptors (Lipinski definition) is 5. The van der Waals surface area contributed by atoms with Crippen LogP contribution in [0, 0.1) is 5.82 Å². The smallest absolute Gasteiger partial charge is 0.338 e. The van der Waals surface area contributed by atoms with E-state index >= 15 is 0 Å². The summed E-state index contributed by atoms with van der Waals surface area (Å²) in [6, 6.07) is 13.5. The van der Waals surface area contributed by atoms with Crippen LogP contribution < -0.4 is 5.32 Å². The molecule has 0 unspecified atom stereocenters. The predicted octanol–water partition coefficient (Wildman–Crippen LogP) is 4.69. The van der Waals surface area contributed by atoms with Crippen LogP contribution in [0.1, 0.15) is 40.6 Å². The number of hydrogen-bond donors (Lipinski definition) is 1. The molecule has 0 saturated carbocycles. The molecule has 28 heavy (non-hydrogen) atoms. The van der Waals surface area contributed by atoms with Gasteiger partial charge in [0, 0.05) is 17.3 Å². The third kappa shape index (κ3) is 4.82. The largest absolute Gasteiger partial charge is 0.462 e. The fraction of sp³-hybridized carbons (Fsp3) is 0.190. The minimum atomic E-state index is -0.463. The molecule has 1 heterocycles. The highest BCUT2D eigenvalue weighted by atomic mass is 19.1. The zero-order valence-electron chi connectivity index (χ0n) is 15.3. The summed E-state index contributed by atoms with van der Waals surface area (Å²) in [4.78, 5) is 24.2. The number of amides is 1. The number of halogens is 1.